The van der Waals surface area contributed by atoms with Crippen LogP contribution < -0.4 is 0 Å². The van der Waals surface area contributed by atoms with Crippen LogP contribution >= 0.6 is 0 Å². The smallest absolute Gasteiger partial charge is 0.251 e. The normalized spacial score (nSPS) is 19.5. The lowest BCUT2D eigenvalue weighted by molar-refractivity contribution is 0.0708. The standard InChI is InChI=1S/C11H22F2N2O3S/c1-10(2)18-7-8-19(16,17)15-5-3-14(4-6-15)9-11(12)13/h10-11H,3-9H2,1-2H3. The summed E-state index contributed by atoms with van der Waals surface area (Å²) in [6.07, 6.45) is -2.37. The average molecular weight is 300 g/mol. The number of alkyl halides is 2. The Hall–Kier alpha value is -0.310. The van der Waals surface area contributed by atoms with Gasteiger partial charge in [-0.2, -0.15) is 4.31 Å². The zero-order valence-electron chi connectivity index (χ0n) is 11.4. The zero-order valence-corrected chi connectivity index (χ0v) is 12.2. The Morgan fingerprint density at radius 2 is 1.74 bits per heavy atom. The molecule has 0 spiro atoms. The maximum Gasteiger partial charge on any atom is 0.251 e. The van der Waals surface area contributed by atoms with Gasteiger partial charge in [-0.05, 0) is 13.8 Å². The van der Waals surface area contributed by atoms with Crippen molar-refractivity contribution in [3.8, 4) is 0 Å². The lowest BCUT2D eigenvalue weighted by Gasteiger charge is -2.33. The third-order valence-electron chi connectivity index (χ3n) is 2.91. The second-order valence-electron chi connectivity index (χ2n) is 4.83. The summed E-state index contributed by atoms with van der Waals surface area (Å²) in [4.78, 5) is 1.58. The van der Waals surface area contributed by atoms with Gasteiger partial charge in [0.15, 0.2) is 0 Å². The molecule has 0 N–H and O–H groups in total. The van der Waals surface area contributed by atoms with Gasteiger partial charge >= 0.3 is 0 Å². The van der Waals surface area contributed by atoms with Crippen molar-refractivity contribution in [3.05, 3.63) is 0 Å². The molecule has 0 unspecified atom stereocenters. The third kappa shape index (κ3) is 6.11. The molecule has 114 valence electrons. The van der Waals surface area contributed by atoms with E-state index in [-0.39, 0.29) is 38.1 Å². The fourth-order valence-corrected chi connectivity index (χ4v) is 3.19. The minimum Gasteiger partial charge on any atom is -0.378 e. The van der Waals surface area contributed by atoms with E-state index in [0.29, 0.717) is 13.1 Å². The van der Waals surface area contributed by atoms with Gasteiger partial charge in [-0.3, -0.25) is 4.90 Å². The van der Waals surface area contributed by atoms with Gasteiger partial charge in [-0.25, -0.2) is 17.2 Å². The van der Waals surface area contributed by atoms with Crippen LogP contribution in [0.1, 0.15) is 13.8 Å². The zero-order chi connectivity index (χ0) is 14.5. The van der Waals surface area contributed by atoms with E-state index in [4.69, 9.17) is 4.74 Å². The van der Waals surface area contributed by atoms with Gasteiger partial charge in [0.25, 0.3) is 6.43 Å². The van der Waals surface area contributed by atoms with Gasteiger partial charge in [-0.1, -0.05) is 0 Å². The van der Waals surface area contributed by atoms with Crippen molar-refractivity contribution in [1.29, 1.82) is 0 Å². The quantitative estimate of drug-likeness (QED) is 0.692. The predicted octanol–water partition coefficient (Wildman–Crippen LogP) is 0.624. The van der Waals surface area contributed by atoms with Gasteiger partial charge in [-0.15, -0.1) is 0 Å². The third-order valence-corrected chi connectivity index (χ3v) is 4.75. The van der Waals surface area contributed by atoms with Crippen LogP contribution in [0.2, 0.25) is 0 Å². The highest BCUT2D eigenvalue weighted by molar-refractivity contribution is 7.89. The minimum atomic E-state index is -3.34. The molecule has 1 fully saturated rings. The number of ether oxygens (including phenoxy) is 1. The van der Waals surface area contributed by atoms with E-state index in [0.717, 1.165) is 0 Å². The Morgan fingerprint density at radius 3 is 2.21 bits per heavy atom. The highest BCUT2D eigenvalue weighted by Crippen LogP contribution is 2.10. The lowest BCUT2D eigenvalue weighted by Crippen LogP contribution is -2.50. The maximum absolute atomic E-state index is 12.2. The Kier molecular flexibility index (Phi) is 6.58. The summed E-state index contributed by atoms with van der Waals surface area (Å²) in [7, 11) is -3.34. The molecule has 5 nitrogen and oxygen atoms in total. The molecule has 0 bridgehead atoms. The Morgan fingerprint density at radius 1 is 1.16 bits per heavy atom. The molecule has 1 heterocycles. The van der Waals surface area contributed by atoms with E-state index in [1.165, 1.54) is 4.31 Å². The molecule has 8 heteroatoms. The van der Waals surface area contributed by atoms with Crippen molar-refractivity contribution in [2.45, 2.75) is 26.4 Å². The highest BCUT2D eigenvalue weighted by Gasteiger charge is 2.27. The number of halogens is 2. The molecule has 0 aromatic rings. The van der Waals surface area contributed by atoms with E-state index in [9.17, 15) is 17.2 Å². The van der Waals surface area contributed by atoms with Gasteiger partial charge in [0.05, 0.1) is 25.0 Å². The molecular weight excluding hydrogens is 278 g/mol. The van der Waals surface area contributed by atoms with Crippen LogP contribution in [-0.4, -0.2) is 75.2 Å². The van der Waals surface area contributed by atoms with Crippen molar-refractivity contribution in [3.63, 3.8) is 0 Å². The summed E-state index contributed by atoms with van der Waals surface area (Å²) in [6.45, 7) is 4.82. The van der Waals surface area contributed by atoms with Crippen molar-refractivity contribution in [2.75, 3.05) is 45.1 Å². The molecule has 0 atom stereocenters. The SMILES string of the molecule is CC(C)OCCS(=O)(=O)N1CCN(CC(F)F)CC1. The Labute approximate surface area is 113 Å². The van der Waals surface area contributed by atoms with Crippen LogP contribution in [0.4, 0.5) is 8.78 Å². The summed E-state index contributed by atoms with van der Waals surface area (Å²) in [6, 6.07) is 0. The molecule has 0 aromatic heterocycles. The van der Waals surface area contributed by atoms with E-state index < -0.39 is 16.4 Å². The summed E-state index contributed by atoms with van der Waals surface area (Å²) in [5.74, 6) is -0.0555. The fourth-order valence-electron chi connectivity index (χ4n) is 1.90. The Balaban J connectivity index is 2.36. The summed E-state index contributed by atoms with van der Waals surface area (Å²) in [5.41, 5.74) is 0. The molecular formula is C11H22F2N2O3S. The highest BCUT2D eigenvalue weighted by atomic mass is 32.2. The molecule has 1 rings (SSSR count). The van der Waals surface area contributed by atoms with Crippen LogP contribution in [0, 0.1) is 0 Å². The number of piperazine rings is 1. The first-order valence-corrected chi connectivity index (χ1v) is 8.02. The molecule has 0 saturated carbocycles. The van der Waals surface area contributed by atoms with Gasteiger partial charge in [0.2, 0.25) is 10.0 Å². The van der Waals surface area contributed by atoms with Crippen molar-refractivity contribution < 1.29 is 21.9 Å². The molecule has 0 radical (unpaired) electrons. The summed E-state index contributed by atoms with van der Waals surface area (Å²) >= 11 is 0. The number of sulfonamides is 1. The van der Waals surface area contributed by atoms with Crippen LogP contribution in [-0.2, 0) is 14.8 Å². The number of rotatable bonds is 7. The summed E-state index contributed by atoms with van der Waals surface area (Å²) < 4.78 is 54.9. The average Bonchev–Trinajstić information content (AvgIpc) is 2.28. The second kappa shape index (κ2) is 7.47. The van der Waals surface area contributed by atoms with Crippen molar-refractivity contribution in [2.24, 2.45) is 0 Å². The van der Waals surface area contributed by atoms with Crippen LogP contribution in [0.5, 0.6) is 0 Å². The first-order valence-electron chi connectivity index (χ1n) is 6.41. The van der Waals surface area contributed by atoms with Crippen molar-refractivity contribution in [1.82, 2.24) is 9.21 Å². The first kappa shape index (κ1) is 16.7. The van der Waals surface area contributed by atoms with Crippen LogP contribution in [0.25, 0.3) is 0 Å². The summed E-state index contributed by atoms with van der Waals surface area (Å²) in [5, 5.41) is 0. The second-order valence-corrected chi connectivity index (χ2v) is 6.91. The first-order chi connectivity index (χ1) is 8.81. The van der Waals surface area contributed by atoms with Gasteiger partial charge < -0.3 is 4.74 Å². The van der Waals surface area contributed by atoms with E-state index in [1.807, 2.05) is 13.8 Å². The van der Waals surface area contributed by atoms with Crippen LogP contribution in [0.15, 0.2) is 0 Å². The van der Waals surface area contributed by atoms with E-state index >= 15 is 0 Å². The maximum atomic E-state index is 12.2. The number of hydrogen-bond acceptors (Lipinski definition) is 4. The van der Waals surface area contributed by atoms with Gasteiger partial charge in [0, 0.05) is 26.2 Å². The molecule has 1 aliphatic heterocycles. The molecule has 0 aromatic carbocycles. The van der Waals surface area contributed by atoms with E-state index in [2.05, 4.69) is 0 Å². The fraction of sp³-hybridized carbons (Fsp3) is 1.00. The topological polar surface area (TPSA) is 49.9 Å². The van der Waals surface area contributed by atoms with Crippen molar-refractivity contribution >= 4 is 10.0 Å². The van der Waals surface area contributed by atoms with Crippen LogP contribution in [0.3, 0.4) is 0 Å². The number of hydrogen-bond donors (Lipinski definition) is 0. The molecule has 19 heavy (non-hydrogen) atoms. The van der Waals surface area contributed by atoms with E-state index in [1.54, 1.807) is 4.90 Å². The molecule has 1 saturated heterocycles. The largest absolute Gasteiger partial charge is 0.378 e. The van der Waals surface area contributed by atoms with Gasteiger partial charge in [0.1, 0.15) is 0 Å². The number of nitrogens with zero attached hydrogens (tertiary/aromatic N) is 2. The minimum absolute atomic E-state index is 0.00177. The predicted molar refractivity (Wildman–Crippen MR) is 68.9 cm³/mol. The molecule has 0 amide bonds. The monoisotopic (exact) mass is 300 g/mol. The Bertz CT molecular complexity index is 355. The molecule has 1 aliphatic rings. The molecule has 0 aliphatic carbocycles. The lowest BCUT2D eigenvalue weighted by atomic mass is 10.3.